The maximum Gasteiger partial charge on any atom is 0.187 e. The average molecular weight is 1110 g/mol. The van der Waals surface area contributed by atoms with Gasteiger partial charge in [0.05, 0.1) is 89.2 Å². The summed E-state index contributed by atoms with van der Waals surface area (Å²) >= 11 is 0. The minimum atomic E-state index is -1.26. The Kier molecular flexibility index (Phi) is 22.5. The molecule has 0 unspecified atom stereocenters. The summed E-state index contributed by atoms with van der Waals surface area (Å²) < 4.78 is 68.3. The molecule has 3 aliphatic rings. The summed E-state index contributed by atoms with van der Waals surface area (Å²) in [6.07, 6.45) is -12.0. The zero-order valence-electron chi connectivity index (χ0n) is 44.9. The fourth-order valence-electron chi connectivity index (χ4n) is 10.3. The van der Waals surface area contributed by atoms with Crippen molar-refractivity contribution in [3.05, 3.63) is 257 Å². The average Bonchev–Trinajstić information content (AvgIpc) is 3.54. The number of azide groups is 4. The van der Waals surface area contributed by atoms with Gasteiger partial charge in [-0.25, -0.2) is 0 Å². The van der Waals surface area contributed by atoms with Crippen LogP contribution in [0, 0.1) is 0 Å². The van der Waals surface area contributed by atoms with Gasteiger partial charge in [-0.1, -0.05) is 202 Å². The first-order valence-corrected chi connectivity index (χ1v) is 27.1. The summed E-state index contributed by atoms with van der Waals surface area (Å²) in [5, 5.41) is 16.4. The van der Waals surface area contributed by atoms with Gasteiger partial charge < -0.3 is 47.4 Å². The summed E-state index contributed by atoms with van der Waals surface area (Å²) in [7, 11) is 0. The summed E-state index contributed by atoms with van der Waals surface area (Å²) in [6, 6.07) is 55.7. The zero-order valence-corrected chi connectivity index (χ0v) is 44.9. The van der Waals surface area contributed by atoms with E-state index in [1.54, 1.807) is 0 Å². The summed E-state index contributed by atoms with van der Waals surface area (Å²) in [6.45, 7) is 0.499. The highest BCUT2D eigenvalue weighted by atomic mass is 16.7. The zero-order chi connectivity index (χ0) is 56.6. The summed E-state index contributed by atoms with van der Waals surface area (Å²) in [5.41, 5.74) is 45.0. The van der Waals surface area contributed by atoms with Crippen LogP contribution in [0.4, 0.5) is 0 Å². The molecule has 0 amide bonds. The molecule has 82 heavy (non-hydrogen) atoms. The lowest BCUT2D eigenvalue weighted by molar-refractivity contribution is -0.340. The van der Waals surface area contributed by atoms with Crippen molar-refractivity contribution in [3.63, 3.8) is 0 Å². The molecular weight excluding hydrogens is 1050 g/mol. The third-order valence-corrected chi connectivity index (χ3v) is 14.4. The van der Waals surface area contributed by atoms with Gasteiger partial charge >= 0.3 is 0 Å². The lowest BCUT2D eigenvalue weighted by Gasteiger charge is -2.49. The maximum atomic E-state index is 10.2. The van der Waals surface area contributed by atoms with Crippen LogP contribution in [0.3, 0.4) is 0 Å². The van der Waals surface area contributed by atoms with Gasteiger partial charge in [-0.15, -0.1) is 0 Å². The molecule has 9 rings (SSSR count). The van der Waals surface area contributed by atoms with Crippen molar-refractivity contribution in [2.75, 3.05) is 13.1 Å². The minimum Gasteiger partial charge on any atom is -0.368 e. The Hall–Kier alpha value is -7.84. The van der Waals surface area contributed by atoms with E-state index in [0.29, 0.717) is 0 Å². The number of ether oxygens (including phenoxy) is 10. The van der Waals surface area contributed by atoms with Gasteiger partial charge in [-0.2, -0.15) is 0 Å². The quantitative estimate of drug-likeness (QED) is 0.0254. The Morgan fingerprint density at radius 3 is 0.854 bits per heavy atom. The van der Waals surface area contributed by atoms with Gasteiger partial charge in [0, 0.05) is 19.6 Å². The van der Waals surface area contributed by atoms with Crippen LogP contribution in [0.15, 0.2) is 202 Å². The second-order valence-corrected chi connectivity index (χ2v) is 19.8. The van der Waals surface area contributed by atoms with Crippen LogP contribution in [-0.4, -0.2) is 98.8 Å². The van der Waals surface area contributed by atoms with Crippen LogP contribution < -0.4 is 0 Å². The first-order valence-electron chi connectivity index (χ1n) is 27.1. The predicted molar refractivity (Wildman–Crippen MR) is 300 cm³/mol. The molecule has 6 aromatic carbocycles. The highest BCUT2D eigenvalue weighted by Gasteiger charge is 2.53. The van der Waals surface area contributed by atoms with E-state index in [1.807, 2.05) is 182 Å². The SMILES string of the molecule is [N-]=[N+]=NC[C@@H]1O[C@@H](O[C@H]2C[C@H](N=[N+]=[N-])[C@@H](O[C@@H]3O[C@H](CN=[N+]=[N-])[C@@H](OCc4ccccc4)[C@H](OCc4ccccc4)[C@H]3OCc3ccccc3)C[C@@H]2N=[N+]=[N-])[C@@H](OCc2ccccc2)[C@H](OCc2ccccc2)[C@H]1OCc1ccccc1. The van der Waals surface area contributed by atoms with E-state index in [9.17, 15) is 22.1 Å². The molecular formula is C60H64N12O10. The molecule has 0 aromatic heterocycles. The molecule has 0 N–H and O–H groups in total. The predicted octanol–water partition coefficient (Wildman–Crippen LogP) is 12.5. The van der Waals surface area contributed by atoms with Crippen molar-refractivity contribution >= 4 is 0 Å². The van der Waals surface area contributed by atoms with Crippen LogP contribution in [0.5, 0.6) is 0 Å². The first-order chi connectivity index (χ1) is 40.5. The number of rotatable bonds is 28. The maximum absolute atomic E-state index is 10.2. The van der Waals surface area contributed by atoms with Gasteiger partial charge in [0.25, 0.3) is 0 Å². The van der Waals surface area contributed by atoms with Gasteiger partial charge in [-0.05, 0) is 68.3 Å². The van der Waals surface area contributed by atoms with E-state index >= 15 is 0 Å². The molecule has 0 spiro atoms. The van der Waals surface area contributed by atoms with Crippen molar-refractivity contribution < 1.29 is 47.4 Å². The molecule has 0 bridgehead atoms. The van der Waals surface area contributed by atoms with E-state index in [-0.39, 0.29) is 65.6 Å². The lowest BCUT2D eigenvalue weighted by Crippen LogP contribution is -2.63. The Bertz CT molecular complexity index is 2850. The molecule has 2 heterocycles. The van der Waals surface area contributed by atoms with E-state index in [4.69, 9.17) is 47.4 Å². The molecule has 1 saturated carbocycles. The van der Waals surface area contributed by atoms with Crippen molar-refractivity contribution in [1.82, 2.24) is 0 Å². The van der Waals surface area contributed by atoms with Crippen molar-refractivity contribution in [1.29, 1.82) is 0 Å². The largest absolute Gasteiger partial charge is 0.368 e. The molecule has 1 aliphatic carbocycles. The van der Waals surface area contributed by atoms with E-state index < -0.39 is 85.7 Å². The smallest absolute Gasteiger partial charge is 0.187 e. The van der Waals surface area contributed by atoms with Crippen LogP contribution in [0.2, 0.25) is 0 Å². The van der Waals surface area contributed by atoms with Gasteiger partial charge in [0.2, 0.25) is 0 Å². The van der Waals surface area contributed by atoms with E-state index in [1.165, 1.54) is 0 Å². The van der Waals surface area contributed by atoms with Crippen molar-refractivity contribution in [3.8, 4) is 0 Å². The third kappa shape index (κ3) is 16.6. The molecule has 22 heteroatoms. The molecule has 14 atom stereocenters. The topological polar surface area (TPSA) is 287 Å². The van der Waals surface area contributed by atoms with Crippen LogP contribution in [0.1, 0.15) is 46.2 Å². The Labute approximate surface area is 474 Å². The molecule has 6 aromatic rings. The Morgan fingerprint density at radius 2 is 0.598 bits per heavy atom. The first kappa shape index (κ1) is 58.8. The molecule has 2 aliphatic heterocycles. The highest BCUT2D eigenvalue weighted by Crippen LogP contribution is 2.39. The number of hydrogen-bond donors (Lipinski definition) is 0. The highest BCUT2D eigenvalue weighted by molar-refractivity contribution is 5.19. The molecule has 424 valence electrons. The lowest BCUT2D eigenvalue weighted by atomic mass is 9.86. The van der Waals surface area contributed by atoms with Crippen LogP contribution in [-0.2, 0) is 87.0 Å². The second-order valence-electron chi connectivity index (χ2n) is 19.8. The minimum absolute atomic E-state index is 0.0463. The van der Waals surface area contributed by atoms with E-state index in [0.717, 1.165) is 33.4 Å². The number of nitrogens with zero attached hydrogens (tertiary/aromatic N) is 12. The third-order valence-electron chi connectivity index (χ3n) is 14.4. The van der Waals surface area contributed by atoms with Gasteiger partial charge in [-0.3, -0.25) is 0 Å². The summed E-state index contributed by atoms with van der Waals surface area (Å²) in [4.78, 5) is 12.7. The Balaban J connectivity index is 1.04. The van der Waals surface area contributed by atoms with Gasteiger partial charge in [0.1, 0.15) is 36.6 Å². The summed E-state index contributed by atoms with van der Waals surface area (Å²) in [5.74, 6) is 0. The second kappa shape index (κ2) is 31.4. The van der Waals surface area contributed by atoms with Crippen molar-refractivity contribution in [2.45, 2.75) is 138 Å². The van der Waals surface area contributed by atoms with Crippen molar-refractivity contribution in [2.24, 2.45) is 20.5 Å². The number of benzene rings is 6. The molecule has 2 saturated heterocycles. The Morgan fingerprint density at radius 1 is 0.341 bits per heavy atom. The van der Waals surface area contributed by atoms with Crippen LogP contribution >= 0.6 is 0 Å². The van der Waals surface area contributed by atoms with E-state index in [2.05, 4.69) is 40.1 Å². The monoisotopic (exact) mass is 1110 g/mol. The van der Waals surface area contributed by atoms with Crippen LogP contribution in [0.25, 0.3) is 41.8 Å². The molecule has 3 fully saturated rings. The molecule has 0 radical (unpaired) electrons. The van der Waals surface area contributed by atoms with Gasteiger partial charge in [0.15, 0.2) is 12.6 Å². The fraction of sp³-hybridized carbons (Fsp3) is 0.400. The number of hydrogen-bond acceptors (Lipinski definition) is 14. The molecule has 22 nitrogen and oxygen atoms in total. The fourth-order valence-corrected chi connectivity index (χ4v) is 10.3. The normalized spacial score (nSPS) is 26.9. The standard InChI is InChI=1S/C60H64N12O10/c61-69-65-33-51-53(73-35-41-19-7-1-8-20-41)55(75-37-43-23-11-3-12-24-43)57(77-39-45-27-15-5-16-28-45)59(81-51)79-49-31-48(68-72-64)50(32-47(49)67-71-63)80-60-58(78-40-46-29-17-6-18-30-46)56(76-38-44-25-13-4-14-26-44)54(52(82-60)34-66-70-62)74-36-42-21-9-2-10-22-42/h1-30,47-60H,31-40H2/t47-,48-,49-,50-,51-,52+,53-,54+,55+,56-,57-,58+,59+,60+/m0/s1.